The average molecular weight is 497 g/mol. The Labute approximate surface area is 220 Å². The fourth-order valence-corrected chi connectivity index (χ4v) is 4.38. The molecular weight excluding hydrogens is 460 g/mol. The van der Waals surface area contributed by atoms with Crippen LogP contribution in [-0.4, -0.2) is 35.6 Å². The summed E-state index contributed by atoms with van der Waals surface area (Å²) in [4.78, 5) is 0. The first-order chi connectivity index (χ1) is 17.9. The Morgan fingerprint density at radius 3 is 1.24 bits per heavy atom. The van der Waals surface area contributed by atoms with Gasteiger partial charge in [-0.15, -0.1) is 0 Å². The Hall–Kier alpha value is -3.60. The van der Waals surface area contributed by atoms with Crippen LogP contribution in [-0.2, 0) is 18.3 Å². The summed E-state index contributed by atoms with van der Waals surface area (Å²) in [5.74, 6) is 1.48. The lowest BCUT2D eigenvalue weighted by Gasteiger charge is -2.26. The van der Waals surface area contributed by atoms with Crippen LogP contribution in [0, 0.1) is 0 Å². The van der Waals surface area contributed by atoms with Gasteiger partial charge in [-0.1, -0.05) is 98.8 Å². The van der Waals surface area contributed by atoms with Crippen molar-refractivity contribution in [2.24, 2.45) is 0 Å². The van der Waals surface area contributed by atoms with Crippen LogP contribution in [0.15, 0.2) is 109 Å². The van der Waals surface area contributed by atoms with Gasteiger partial charge in [0.1, 0.15) is 24.7 Å². The zero-order valence-electron chi connectivity index (χ0n) is 21.6. The van der Waals surface area contributed by atoms with E-state index in [2.05, 4.69) is 38.1 Å². The molecule has 192 valence electrons. The molecule has 0 fully saturated rings. The van der Waals surface area contributed by atoms with Crippen LogP contribution in [0.5, 0.6) is 11.5 Å². The highest BCUT2D eigenvalue weighted by Gasteiger charge is 2.23. The van der Waals surface area contributed by atoms with E-state index in [-0.39, 0.29) is 18.6 Å². The number of hydrogen-bond donors (Lipinski definition) is 2. The van der Waals surface area contributed by atoms with Crippen molar-refractivity contribution in [1.82, 2.24) is 0 Å². The van der Waals surface area contributed by atoms with Gasteiger partial charge in [-0.3, -0.25) is 0 Å². The van der Waals surface area contributed by atoms with Crippen LogP contribution in [0.2, 0.25) is 0 Å². The molecule has 4 aromatic rings. The van der Waals surface area contributed by atoms with E-state index in [0.717, 1.165) is 33.8 Å². The Balaban J connectivity index is 1.28. The maximum Gasteiger partial charge on any atom is 0.119 e. The molecule has 0 bridgehead atoms. The molecule has 0 amide bonds. The summed E-state index contributed by atoms with van der Waals surface area (Å²) >= 11 is 0. The number of aliphatic hydroxyl groups excluding tert-OH is 2. The number of ether oxygens (including phenoxy) is 2. The van der Waals surface area contributed by atoms with E-state index in [4.69, 9.17) is 9.47 Å². The standard InChI is InChI=1S/C33H36O4/c1-33(2,27-13-17-31(18-14-27)36-23-29(34)21-25-9-5-3-6-10-25)28-15-19-32(20-16-28)37-24-30(35)22-26-11-7-4-8-12-26/h3-20,29-30,34-35H,21-24H2,1-2H3. The number of hydrogen-bond acceptors (Lipinski definition) is 4. The van der Waals surface area contributed by atoms with E-state index in [0.29, 0.717) is 12.8 Å². The highest BCUT2D eigenvalue weighted by Crippen LogP contribution is 2.33. The van der Waals surface area contributed by atoms with Crippen LogP contribution < -0.4 is 9.47 Å². The second-order valence-corrected chi connectivity index (χ2v) is 9.98. The molecule has 0 aromatic heterocycles. The maximum absolute atomic E-state index is 10.3. The summed E-state index contributed by atoms with van der Waals surface area (Å²) in [5.41, 5.74) is 4.30. The maximum atomic E-state index is 10.3. The van der Waals surface area contributed by atoms with Crippen molar-refractivity contribution in [2.45, 2.75) is 44.3 Å². The summed E-state index contributed by atoms with van der Waals surface area (Å²) in [6.45, 7) is 4.87. The molecule has 37 heavy (non-hydrogen) atoms. The molecule has 0 saturated carbocycles. The third kappa shape index (κ3) is 7.69. The lowest BCUT2D eigenvalue weighted by Crippen LogP contribution is -2.21. The predicted molar refractivity (Wildman–Crippen MR) is 148 cm³/mol. The van der Waals surface area contributed by atoms with E-state index in [1.807, 2.05) is 84.9 Å². The molecule has 4 nitrogen and oxygen atoms in total. The topological polar surface area (TPSA) is 58.9 Å². The van der Waals surface area contributed by atoms with Gasteiger partial charge in [0.2, 0.25) is 0 Å². The van der Waals surface area contributed by atoms with Gasteiger partial charge in [0.05, 0.1) is 12.2 Å². The summed E-state index contributed by atoms with van der Waals surface area (Å²) in [6.07, 6.45) is 0.0207. The minimum atomic E-state index is -0.557. The SMILES string of the molecule is CC(C)(c1ccc(OCC(O)Cc2ccccc2)cc1)c1ccc(OCC(O)Cc2ccccc2)cc1. The van der Waals surface area contributed by atoms with Crippen LogP contribution in [0.1, 0.15) is 36.1 Å². The van der Waals surface area contributed by atoms with Gasteiger partial charge in [-0.2, -0.15) is 0 Å². The smallest absolute Gasteiger partial charge is 0.119 e. The van der Waals surface area contributed by atoms with Gasteiger partial charge < -0.3 is 19.7 Å². The zero-order chi connectivity index (χ0) is 26.1. The lowest BCUT2D eigenvalue weighted by atomic mass is 9.78. The van der Waals surface area contributed by atoms with Gasteiger partial charge >= 0.3 is 0 Å². The minimum absolute atomic E-state index is 0.212. The quantitative estimate of drug-likeness (QED) is 0.253. The summed E-state index contributed by atoms with van der Waals surface area (Å²) in [7, 11) is 0. The van der Waals surface area contributed by atoms with Crippen molar-refractivity contribution in [3.05, 3.63) is 131 Å². The van der Waals surface area contributed by atoms with Crippen LogP contribution in [0.4, 0.5) is 0 Å². The van der Waals surface area contributed by atoms with E-state index >= 15 is 0 Å². The summed E-state index contributed by atoms with van der Waals surface area (Å²) in [5, 5.41) is 20.6. The fraction of sp³-hybridized carbons (Fsp3) is 0.273. The van der Waals surface area contributed by atoms with Crippen molar-refractivity contribution in [1.29, 1.82) is 0 Å². The third-order valence-corrected chi connectivity index (χ3v) is 6.67. The zero-order valence-corrected chi connectivity index (χ0v) is 21.6. The van der Waals surface area contributed by atoms with Gasteiger partial charge in [0.15, 0.2) is 0 Å². The van der Waals surface area contributed by atoms with Gasteiger partial charge in [0, 0.05) is 18.3 Å². The predicted octanol–water partition coefficient (Wildman–Crippen LogP) is 5.98. The number of benzene rings is 4. The molecule has 4 aromatic carbocycles. The molecule has 0 heterocycles. The normalized spacial score (nSPS) is 13.1. The van der Waals surface area contributed by atoms with Crippen LogP contribution in [0.3, 0.4) is 0 Å². The molecule has 0 aliphatic rings. The van der Waals surface area contributed by atoms with E-state index in [1.54, 1.807) is 0 Å². The van der Waals surface area contributed by atoms with Crippen LogP contribution >= 0.6 is 0 Å². The van der Waals surface area contributed by atoms with Gasteiger partial charge in [-0.25, -0.2) is 0 Å². The Bertz CT molecular complexity index is 1110. The summed E-state index contributed by atoms with van der Waals surface area (Å²) in [6, 6.07) is 36.0. The molecule has 0 radical (unpaired) electrons. The number of rotatable bonds is 12. The molecule has 4 heteroatoms. The van der Waals surface area contributed by atoms with Crippen molar-refractivity contribution < 1.29 is 19.7 Å². The Morgan fingerprint density at radius 2 is 0.892 bits per heavy atom. The second kappa shape index (κ2) is 12.6. The van der Waals surface area contributed by atoms with E-state index in [9.17, 15) is 10.2 Å². The highest BCUT2D eigenvalue weighted by atomic mass is 16.5. The fourth-order valence-electron chi connectivity index (χ4n) is 4.38. The third-order valence-electron chi connectivity index (χ3n) is 6.67. The molecule has 2 atom stereocenters. The van der Waals surface area contributed by atoms with Gasteiger partial charge in [-0.05, 0) is 46.5 Å². The van der Waals surface area contributed by atoms with Crippen molar-refractivity contribution in [3.8, 4) is 11.5 Å². The second-order valence-electron chi connectivity index (χ2n) is 9.98. The molecule has 0 spiro atoms. The van der Waals surface area contributed by atoms with E-state index < -0.39 is 12.2 Å². The first-order valence-corrected chi connectivity index (χ1v) is 12.8. The molecular formula is C33H36O4. The summed E-state index contributed by atoms with van der Waals surface area (Å²) < 4.78 is 11.7. The monoisotopic (exact) mass is 496 g/mol. The molecule has 4 rings (SSSR count). The lowest BCUT2D eigenvalue weighted by molar-refractivity contribution is 0.107. The molecule has 0 aliphatic heterocycles. The Morgan fingerprint density at radius 1 is 0.541 bits per heavy atom. The van der Waals surface area contributed by atoms with Crippen molar-refractivity contribution >= 4 is 0 Å². The molecule has 0 saturated heterocycles. The van der Waals surface area contributed by atoms with Crippen molar-refractivity contribution in [3.63, 3.8) is 0 Å². The molecule has 2 unspecified atom stereocenters. The van der Waals surface area contributed by atoms with Gasteiger partial charge in [0.25, 0.3) is 0 Å². The largest absolute Gasteiger partial charge is 0.491 e. The van der Waals surface area contributed by atoms with Crippen molar-refractivity contribution in [2.75, 3.05) is 13.2 Å². The number of aliphatic hydroxyl groups is 2. The first-order valence-electron chi connectivity index (χ1n) is 12.8. The molecule has 2 N–H and O–H groups in total. The van der Waals surface area contributed by atoms with Crippen LogP contribution in [0.25, 0.3) is 0 Å². The van der Waals surface area contributed by atoms with E-state index in [1.165, 1.54) is 0 Å². The Kier molecular flexibility index (Phi) is 8.99. The highest BCUT2D eigenvalue weighted by molar-refractivity contribution is 5.42. The first kappa shape index (κ1) is 26.5. The molecule has 0 aliphatic carbocycles. The minimum Gasteiger partial charge on any atom is -0.491 e. The average Bonchev–Trinajstić information content (AvgIpc) is 2.92.